The summed E-state index contributed by atoms with van der Waals surface area (Å²) >= 11 is 0. The molecule has 27 heavy (non-hydrogen) atoms. The van der Waals surface area contributed by atoms with Crippen molar-refractivity contribution in [3.05, 3.63) is 41.6 Å². The van der Waals surface area contributed by atoms with Gasteiger partial charge in [-0.1, -0.05) is 19.8 Å². The molecule has 0 saturated heterocycles. The van der Waals surface area contributed by atoms with Crippen LogP contribution in [0.2, 0.25) is 0 Å². The monoisotopic (exact) mass is 375 g/mol. The third-order valence-corrected chi connectivity index (χ3v) is 4.25. The Bertz CT molecular complexity index is 734. The van der Waals surface area contributed by atoms with E-state index in [2.05, 4.69) is 11.9 Å². The summed E-state index contributed by atoms with van der Waals surface area (Å²) in [5.74, 6) is 1.82. The number of aliphatic carboxylic acids is 1. The van der Waals surface area contributed by atoms with E-state index < -0.39 is 11.6 Å². The van der Waals surface area contributed by atoms with Gasteiger partial charge >= 0.3 is 5.97 Å². The lowest BCUT2D eigenvalue weighted by atomic mass is 10.1. The largest absolute Gasteiger partial charge is 0.493 e. The standard InChI is InChI=1S/C21H29NO5/c1-5-6-7-8-19-22-18(15(2)26-19)13-14-25-16-9-11-17(12-10-16)27-21(3,4)20(23)24/h9-12H,5-8,13-14H2,1-4H3,(H,23,24). The number of nitrogens with zero attached hydrogens (tertiary/aromatic N) is 1. The molecule has 2 aromatic rings. The topological polar surface area (TPSA) is 81.8 Å². The van der Waals surface area contributed by atoms with E-state index in [0.29, 0.717) is 24.5 Å². The zero-order valence-corrected chi connectivity index (χ0v) is 16.6. The van der Waals surface area contributed by atoms with Gasteiger partial charge in [0.15, 0.2) is 11.5 Å². The van der Waals surface area contributed by atoms with E-state index in [1.54, 1.807) is 24.3 Å². The molecular formula is C21H29NO5. The maximum absolute atomic E-state index is 11.1. The van der Waals surface area contributed by atoms with Gasteiger partial charge in [-0.15, -0.1) is 0 Å². The van der Waals surface area contributed by atoms with Crippen LogP contribution in [0.25, 0.3) is 0 Å². The molecule has 2 rings (SSSR count). The van der Waals surface area contributed by atoms with Crippen molar-refractivity contribution in [2.45, 2.75) is 65.4 Å². The Balaban J connectivity index is 1.83. The van der Waals surface area contributed by atoms with E-state index in [-0.39, 0.29) is 0 Å². The summed E-state index contributed by atoms with van der Waals surface area (Å²) in [6, 6.07) is 6.93. The number of hydrogen-bond acceptors (Lipinski definition) is 5. The van der Waals surface area contributed by atoms with Crippen LogP contribution >= 0.6 is 0 Å². The van der Waals surface area contributed by atoms with Gasteiger partial charge in [0.05, 0.1) is 12.3 Å². The first-order valence-electron chi connectivity index (χ1n) is 9.42. The molecule has 0 unspecified atom stereocenters. The smallest absolute Gasteiger partial charge is 0.347 e. The molecular weight excluding hydrogens is 346 g/mol. The first-order chi connectivity index (χ1) is 12.8. The molecule has 0 atom stereocenters. The predicted octanol–water partition coefficient (Wildman–Crippen LogP) is 4.58. The highest BCUT2D eigenvalue weighted by Crippen LogP contribution is 2.22. The number of carboxylic acid groups (broad SMARTS) is 1. The number of aromatic nitrogens is 1. The normalized spacial score (nSPS) is 11.4. The molecule has 148 valence electrons. The number of benzene rings is 1. The molecule has 0 aliphatic heterocycles. The van der Waals surface area contributed by atoms with Gasteiger partial charge in [0.1, 0.15) is 17.3 Å². The van der Waals surface area contributed by atoms with Crippen molar-refractivity contribution in [1.29, 1.82) is 0 Å². The van der Waals surface area contributed by atoms with Gasteiger partial charge in [-0.25, -0.2) is 9.78 Å². The highest BCUT2D eigenvalue weighted by atomic mass is 16.5. The van der Waals surface area contributed by atoms with Crippen LogP contribution < -0.4 is 9.47 Å². The van der Waals surface area contributed by atoms with Gasteiger partial charge in [-0.2, -0.15) is 0 Å². The van der Waals surface area contributed by atoms with Crippen molar-refractivity contribution >= 4 is 5.97 Å². The van der Waals surface area contributed by atoms with Gasteiger partial charge < -0.3 is 19.0 Å². The highest BCUT2D eigenvalue weighted by Gasteiger charge is 2.29. The number of aryl methyl sites for hydroxylation is 2. The summed E-state index contributed by atoms with van der Waals surface area (Å²) in [6.07, 6.45) is 5.01. The molecule has 6 nitrogen and oxygen atoms in total. The fraction of sp³-hybridized carbons (Fsp3) is 0.524. The zero-order valence-electron chi connectivity index (χ0n) is 16.6. The van der Waals surface area contributed by atoms with Crippen LogP contribution in [-0.4, -0.2) is 28.3 Å². The molecule has 1 heterocycles. The summed E-state index contributed by atoms with van der Waals surface area (Å²) in [5.41, 5.74) is -0.341. The average Bonchev–Trinajstić information content (AvgIpc) is 2.96. The number of ether oxygens (including phenoxy) is 2. The van der Waals surface area contributed by atoms with Gasteiger partial charge in [-0.05, 0) is 51.5 Å². The Labute approximate surface area is 160 Å². The highest BCUT2D eigenvalue weighted by molar-refractivity contribution is 5.76. The first kappa shape index (κ1) is 20.8. The lowest BCUT2D eigenvalue weighted by Gasteiger charge is -2.21. The molecule has 1 aromatic heterocycles. The van der Waals surface area contributed by atoms with Crippen molar-refractivity contribution in [2.75, 3.05) is 6.61 Å². The van der Waals surface area contributed by atoms with Crippen LogP contribution in [0.4, 0.5) is 0 Å². The molecule has 0 aliphatic rings. The second-order valence-electron chi connectivity index (χ2n) is 7.05. The fourth-order valence-electron chi connectivity index (χ4n) is 2.56. The van der Waals surface area contributed by atoms with E-state index in [1.807, 2.05) is 6.92 Å². The molecule has 0 aliphatic carbocycles. The molecule has 0 spiro atoms. The van der Waals surface area contributed by atoms with Crippen LogP contribution in [0, 0.1) is 6.92 Å². The number of carbonyl (C=O) groups is 1. The number of hydrogen-bond donors (Lipinski definition) is 1. The van der Waals surface area contributed by atoms with E-state index >= 15 is 0 Å². The summed E-state index contributed by atoms with van der Waals surface area (Å²) in [4.78, 5) is 15.7. The third kappa shape index (κ3) is 6.31. The number of carboxylic acids is 1. The van der Waals surface area contributed by atoms with Crippen LogP contribution in [0.3, 0.4) is 0 Å². The number of unbranched alkanes of at least 4 members (excludes halogenated alkanes) is 2. The molecule has 0 saturated carbocycles. The Kier molecular flexibility index (Phi) is 7.28. The minimum absolute atomic E-state index is 0.485. The number of oxazole rings is 1. The van der Waals surface area contributed by atoms with Crippen LogP contribution in [0.1, 0.15) is 57.4 Å². The fourth-order valence-corrected chi connectivity index (χ4v) is 2.56. The van der Waals surface area contributed by atoms with Crippen LogP contribution in [-0.2, 0) is 17.6 Å². The summed E-state index contributed by atoms with van der Waals surface area (Å²) in [6.45, 7) is 7.62. The van der Waals surface area contributed by atoms with Crippen LogP contribution in [0.15, 0.2) is 28.7 Å². The Morgan fingerprint density at radius 2 is 1.81 bits per heavy atom. The van der Waals surface area contributed by atoms with Gasteiger partial charge in [-0.3, -0.25) is 0 Å². The van der Waals surface area contributed by atoms with Crippen LogP contribution in [0.5, 0.6) is 11.5 Å². The average molecular weight is 375 g/mol. The molecule has 0 radical (unpaired) electrons. The maximum atomic E-state index is 11.1. The van der Waals surface area contributed by atoms with Crippen molar-refractivity contribution in [2.24, 2.45) is 0 Å². The molecule has 0 fully saturated rings. The predicted molar refractivity (Wildman–Crippen MR) is 102 cm³/mol. The Morgan fingerprint density at radius 3 is 2.44 bits per heavy atom. The summed E-state index contributed by atoms with van der Waals surface area (Å²) in [5, 5.41) is 9.10. The van der Waals surface area contributed by atoms with Crippen molar-refractivity contribution in [3.63, 3.8) is 0 Å². The van der Waals surface area contributed by atoms with Gasteiger partial charge in [0, 0.05) is 12.8 Å². The maximum Gasteiger partial charge on any atom is 0.347 e. The van der Waals surface area contributed by atoms with Gasteiger partial charge in [0.25, 0.3) is 0 Å². The lowest BCUT2D eigenvalue weighted by Crippen LogP contribution is -2.37. The van der Waals surface area contributed by atoms with E-state index in [0.717, 1.165) is 30.2 Å². The van der Waals surface area contributed by atoms with Crippen molar-refractivity contribution in [3.8, 4) is 11.5 Å². The van der Waals surface area contributed by atoms with E-state index in [4.69, 9.17) is 19.0 Å². The van der Waals surface area contributed by atoms with Gasteiger partial charge in [0.2, 0.25) is 0 Å². The first-order valence-corrected chi connectivity index (χ1v) is 9.42. The van der Waals surface area contributed by atoms with Crippen molar-refractivity contribution < 1.29 is 23.8 Å². The Hall–Kier alpha value is -2.50. The molecule has 1 N–H and O–H groups in total. The van der Waals surface area contributed by atoms with E-state index in [1.165, 1.54) is 26.7 Å². The zero-order chi connectivity index (χ0) is 19.9. The quantitative estimate of drug-likeness (QED) is 0.579. The number of rotatable bonds is 11. The molecule has 0 bridgehead atoms. The third-order valence-electron chi connectivity index (χ3n) is 4.25. The lowest BCUT2D eigenvalue weighted by molar-refractivity contribution is -0.152. The molecule has 1 aromatic carbocycles. The van der Waals surface area contributed by atoms with E-state index in [9.17, 15) is 4.79 Å². The molecule has 0 amide bonds. The minimum atomic E-state index is -1.28. The van der Waals surface area contributed by atoms with Crippen molar-refractivity contribution in [1.82, 2.24) is 4.98 Å². The SMILES string of the molecule is CCCCCc1nc(CCOc2ccc(OC(C)(C)C(=O)O)cc2)c(C)o1. The second kappa shape index (κ2) is 9.44. The Morgan fingerprint density at radius 1 is 1.15 bits per heavy atom. The summed E-state index contributed by atoms with van der Waals surface area (Å²) in [7, 11) is 0. The minimum Gasteiger partial charge on any atom is -0.493 e. The summed E-state index contributed by atoms with van der Waals surface area (Å²) < 4.78 is 16.9. The molecule has 6 heteroatoms. The second-order valence-corrected chi connectivity index (χ2v) is 7.05.